The summed E-state index contributed by atoms with van der Waals surface area (Å²) in [7, 11) is 1.66. The predicted molar refractivity (Wildman–Crippen MR) is 86.9 cm³/mol. The van der Waals surface area contributed by atoms with Crippen molar-refractivity contribution in [3.63, 3.8) is 0 Å². The number of hydrogen-bond acceptors (Lipinski definition) is 3. The second-order valence-corrected chi connectivity index (χ2v) is 5.16. The molecule has 2 aromatic carbocycles. The fourth-order valence-corrected chi connectivity index (χ4v) is 2.32. The summed E-state index contributed by atoms with van der Waals surface area (Å²) in [6, 6.07) is 18.0. The van der Waals surface area contributed by atoms with Crippen LogP contribution in [0.1, 0.15) is 36.5 Å². The van der Waals surface area contributed by atoms with Gasteiger partial charge in [0.2, 0.25) is 0 Å². The number of carbonyl (C=O) groups excluding carboxylic acids is 1. The highest BCUT2D eigenvalue weighted by Gasteiger charge is 2.11. The fourth-order valence-electron chi connectivity index (χ4n) is 2.32. The lowest BCUT2D eigenvalue weighted by Crippen LogP contribution is -2.05. The van der Waals surface area contributed by atoms with E-state index in [0.29, 0.717) is 13.0 Å². The highest BCUT2D eigenvalue weighted by atomic mass is 16.5. The zero-order valence-electron chi connectivity index (χ0n) is 12.9. The average molecular weight is 298 g/mol. The van der Waals surface area contributed by atoms with Crippen molar-refractivity contribution < 1.29 is 14.3 Å². The van der Waals surface area contributed by atoms with Gasteiger partial charge in [0.25, 0.3) is 0 Å². The van der Waals surface area contributed by atoms with E-state index in [1.54, 1.807) is 7.11 Å². The summed E-state index contributed by atoms with van der Waals surface area (Å²) in [5, 5.41) is 0. The number of aldehydes is 1. The molecule has 0 saturated carbocycles. The molecule has 2 rings (SSSR count). The van der Waals surface area contributed by atoms with Crippen molar-refractivity contribution in [3.8, 4) is 5.75 Å². The van der Waals surface area contributed by atoms with Gasteiger partial charge < -0.3 is 14.3 Å². The molecule has 3 heteroatoms. The predicted octanol–water partition coefficient (Wildman–Crippen LogP) is 4.32. The molecule has 0 unspecified atom stereocenters. The standard InChI is InChI=1S/C19H22O3/c1-21-18-12-10-16(11-13-18)15-22-19(9-5-6-14-20)17-7-3-2-4-8-17/h2-4,7-8,10-14,19H,5-6,9,15H2,1H3/t19-/m0/s1. The summed E-state index contributed by atoms with van der Waals surface area (Å²) < 4.78 is 11.2. The van der Waals surface area contributed by atoms with Crippen LogP contribution in [0, 0.1) is 0 Å². The molecule has 1 atom stereocenters. The monoisotopic (exact) mass is 298 g/mol. The minimum atomic E-state index is 0.0169. The van der Waals surface area contributed by atoms with Crippen molar-refractivity contribution in [2.75, 3.05) is 7.11 Å². The molecule has 0 heterocycles. The lowest BCUT2D eigenvalue weighted by molar-refractivity contribution is -0.108. The minimum absolute atomic E-state index is 0.0169. The average Bonchev–Trinajstić information content (AvgIpc) is 2.59. The third-order valence-corrected chi connectivity index (χ3v) is 3.57. The molecule has 0 aromatic heterocycles. The van der Waals surface area contributed by atoms with E-state index in [4.69, 9.17) is 9.47 Å². The molecule has 0 aliphatic heterocycles. The van der Waals surface area contributed by atoms with Gasteiger partial charge in [-0.2, -0.15) is 0 Å². The summed E-state index contributed by atoms with van der Waals surface area (Å²) in [6.07, 6.45) is 3.24. The van der Waals surface area contributed by atoms with Crippen LogP contribution in [0.5, 0.6) is 5.75 Å². The van der Waals surface area contributed by atoms with Crippen molar-refractivity contribution >= 4 is 6.29 Å². The van der Waals surface area contributed by atoms with Gasteiger partial charge in [0, 0.05) is 6.42 Å². The number of rotatable bonds is 9. The van der Waals surface area contributed by atoms with Gasteiger partial charge in [0.15, 0.2) is 0 Å². The Hall–Kier alpha value is -2.13. The third-order valence-electron chi connectivity index (χ3n) is 3.57. The van der Waals surface area contributed by atoms with Crippen LogP contribution >= 0.6 is 0 Å². The fraction of sp³-hybridized carbons (Fsp3) is 0.316. The molecule has 0 aliphatic carbocycles. The Morgan fingerprint density at radius 1 is 1.05 bits per heavy atom. The Kier molecular flexibility index (Phi) is 6.65. The molecule has 0 aliphatic rings. The van der Waals surface area contributed by atoms with Gasteiger partial charge in [0.05, 0.1) is 19.8 Å². The van der Waals surface area contributed by atoms with Crippen LogP contribution in [-0.2, 0) is 16.1 Å². The number of benzene rings is 2. The quantitative estimate of drug-likeness (QED) is 0.511. The zero-order valence-corrected chi connectivity index (χ0v) is 12.9. The van der Waals surface area contributed by atoms with Gasteiger partial charge in [-0.15, -0.1) is 0 Å². The van der Waals surface area contributed by atoms with Gasteiger partial charge in [-0.25, -0.2) is 0 Å². The zero-order chi connectivity index (χ0) is 15.6. The first-order valence-electron chi connectivity index (χ1n) is 7.56. The largest absolute Gasteiger partial charge is 0.497 e. The number of hydrogen-bond donors (Lipinski definition) is 0. The van der Waals surface area contributed by atoms with Crippen molar-refractivity contribution in [1.29, 1.82) is 0 Å². The second kappa shape index (κ2) is 9.00. The minimum Gasteiger partial charge on any atom is -0.497 e. The first-order chi connectivity index (χ1) is 10.8. The van der Waals surface area contributed by atoms with E-state index in [9.17, 15) is 4.79 Å². The number of carbonyl (C=O) groups is 1. The molecule has 0 radical (unpaired) electrons. The first-order valence-corrected chi connectivity index (χ1v) is 7.56. The van der Waals surface area contributed by atoms with Crippen molar-refractivity contribution in [2.24, 2.45) is 0 Å². The van der Waals surface area contributed by atoms with Crippen LogP contribution in [0.4, 0.5) is 0 Å². The molecule has 0 spiro atoms. The summed E-state index contributed by atoms with van der Waals surface area (Å²) in [6.45, 7) is 0.546. The van der Waals surface area contributed by atoms with Crippen LogP contribution in [0.2, 0.25) is 0 Å². The molecule has 0 N–H and O–H groups in total. The molecule has 22 heavy (non-hydrogen) atoms. The molecule has 2 aromatic rings. The SMILES string of the molecule is COc1ccc(CO[C@@H](CCCC=O)c2ccccc2)cc1. The molecule has 0 bridgehead atoms. The molecule has 116 valence electrons. The smallest absolute Gasteiger partial charge is 0.119 e. The van der Waals surface area contributed by atoms with E-state index in [-0.39, 0.29) is 6.10 Å². The van der Waals surface area contributed by atoms with Crippen molar-refractivity contribution in [1.82, 2.24) is 0 Å². The van der Waals surface area contributed by atoms with Crippen molar-refractivity contribution in [2.45, 2.75) is 32.0 Å². The van der Waals surface area contributed by atoms with E-state index in [0.717, 1.165) is 36.0 Å². The number of ether oxygens (including phenoxy) is 2. The Bertz CT molecular complexity index is 549. The Balaban J connectivity index is 1.97. The molecule has 0 saturated heterocycles. The third kappa shape index (κ3) is 5.01. The molecule has 3 nitrogen and oxygen atoms in total. The van der Waals surface area contributed by atoms with Crippen LogP contribution < -0.4 is 4.74 Å². The van der Waals surface area contributed by atoms with Crippen LogP contribution in [-0.4, -0.2) is 13.4 Å². The van der Waals surface area contributed by atoms with Crippen molar-refractivity contribution in [3.05, 3.63) is 65.7 Å². The Morgan fingerprint density at radius 3 is 2.41 bits per heavy atom. The number of methoxy groups -OCH3 is 1. The second-order valence-electron chi connectivity index (χ2n) is 5.16. The van der Waals surface area contributed by atoms with Crippen LogP contribution in [0.3, 0.4) is 0 Å². The summed E-state index contributed by atoms with van der Waals surface area (Å²) in [5.74, 6) is 0.842. The van der Waals surface area contributed by atoms with E-state index in [1.165, 1.54) is 0 Å². The first kappa shape index (κ1) is 16.2. The molecule has 0 amide bonds. The topological polar surface area (TPSA) is 35.5 Å². The van der Waals surface area contributed by atoms with Gasteiger partial charge in [0.1, 0.15) is 12.0 Å². The lowest BCUT2D eigenvalue weighted by atomic mass is 10.0. The maximum atomic E-state index is 10.5. The summed E-state index contributed by atoms with van der Waals surface area (Å²) in [4.78, 5) is 10.5. The maximum Gasteiger partial charge on any atom is 0.119 e. The normalized spacial score (nSPS) is 11.9. The van der Waals surface area contributed by atoms with E-state index < -0.39 is 0 Å². The van der Waals surface area contributed by atoms with Gasteiger partial charge in [-0.05, 0) is 36.1 Å². The number of unbranched alkanes of at least 4 members (excludes halogenated alkanes) is 1. The van der Waals surface area contributed by atoms with Gasteiger partial charge in [-0.1, -0.05) is 42.5 Å². The Morgan fingerprint density at radius 2 is 1.77 bits per heavy atom. The van der Waals surface area contributed by atoms with E-state index in [1.807, 2.05) is 42.5 Å². The van der Waals surface area contributed by atoms with E-state index in [2.05, 4.69) is 12.1 Å². The molecular formula is C19H22O3. The highest BCUT2D eigenvalue weighted by molar-refractivity contribution is 5.49. The highest BCUT2D eigenvalue weighted by Crippen LogP contribution is 2.25. The summed E-state index contributed by atoms with van der Waals surface area (Å²) >= 11 is 0. The van der Waals surface area contributed by atoms with Crippen LogP contribution in [0.15, 0.2) is 54.6 Å². The Labute approximate surface area is 131 Å². The van der Waals surface area contributed by atoms with Gasteiger partial charge >= 0.3 is 0 Å². The molecular weight excluding hydrogens is 276 g/mol. The summed E-state index contributed by atoms with van der Waals surface area (Å²) in [5.41, 5.74) is 2.26. The lowest BCUT2D eigenvalue weighted by Gasteiger charge is -2.18. The van der Waals surface area contributed by atoms with E-state index >= 15 is 0 Å². The maximum absolute atomic E-state index is 10.5. The van der Waals surface area contributed by atoms with Gasteiger partial charge in [-0.3, -0.25) is 0 Å². The molecule has 0 fully saturated rings. The van der Waals surface area contributed by atoms with Crippen LogP contribution in [0.25, 0.3) is 0 Å².